The number of thiazole rings is 1. The van der Waals surface area contributed by atoms with E-state index in [1.165, 1.54) is 11.3 Å². The van der Waals surface area contributed by atoms with Gasteiger partial charge in [0.15, 0.2) is 0 Å². The first kappa shape index (κ1) is 17.1. The average Bonchev–Trinajstić information content (AvgIpc) is 3.02. The molecular formula is C17H20N2O3S. The predicted octanol–water partition coefficient (Wildman–Crippen LogP) is 3.60. The SMILES string of the molecule is CC(C)c1ncc(C(=O)NC(CCC(=O)O)c2ccccc2)s1. The van der Waals surface area contributed by atoms with Gasteiger partial charge in [-0.05, 0) is 12.0 Å². The second-order valence-electron chi connectivity index (χ2n) is 5.59. The second kappa shape index (κ2) is 7.87. The smallest absolute Gasteiger partial charge is 0.303 e. The van der Waals surface area contributed by atoms with E-state index in [1.54, 1.807) is 6.20 Å². The van der Waals surface area contributed by atoms with Crippen LogP contribution in [-0.2, 0) is 4.79 Å². The lowest BCUT2D eigenvalue weighted by molar-refractivity contribution is -0.137. The zero-order chi connectivity index (χ0) is 16.8. The van der Waals surface area contributed by atoms with Gasteiger partial charge in [-0.2, -0.15) is 0 Å². The minimum absolute atomic E-state index is 0.000223. The highest BCUT2D eigenvalue weighted by Crippen LogP contribution is 2.23. The number of carboxylic acid groups (broad SMARTS) is 1. The number of carboxylic acids is 1. The van der Waals surface area contributed by atoms with E-state index in [4.69, 9.17) is 5.11 Å². The van der Waals surface area contributed by atoms with Crippen molar-refractivity contribution in [1.82, 2.24) is 10.3 Å². The first-order chi connectivity index (χ1) is 11.0. The van der Waals surface area contributed by atoms with E-state index in [9.17, 15) is 9.59 Å². The van der Waals surface area contributed by atoms with Crippen LogP contribution in [0.2, 0.25) is 0 Å². The Kier molecular flexibility index (Phi) is 5.87. The molecule has 6 heteroatoms. The summed E-state index contributed by atoms with van der Waals surface area (Å²) in [5, 5.41) is 12.7. The van der Waals surface area contributed by atoms with Crippen LogP contribution in [0.4, 0.5) is 0 Å². The normalized spacial score (nSPS) is 12.1. The van der Waals surface area contributed by atoms with Gasteiger partial charge >= 0.3 is 5.97 Å². The van der Waals surface area contributed by atoms with Gasteiger partial charge in [0.25, 0.3) is 5.91 Å². The maximum absolute atomic E-state index is 12.4. The van der Waals surface area contributed by atoms with Gasteiger partial charge in [-0.1, -0.05) is 44.2 Å². The van der Waals surface area contributed by atoms with Gasteiger partial charge in [0, 0.05) is 12.3 Å². The van der Waals surface area contributed by atoms with E-state index in [0.29, 0.717) is 11.3 Å². The summed E-state index contributed by atoms with van der Waals surface area (Å²) in [6.45, 7) is 4.06. The molecule has 0 radical (unpaired) electrons. The summed E-state index contributed by atoms with van der Waals surface area (Å²) in [6, 6.07) is 9.08. The molecule has 0 aliphatic rings. The molecule has 1 unspecified atom stereocenters. The fourth-order valence-corrected chi connectivity index (χ4v) is 2.99. The molecule has 2 N–H and O–H groups in total. The number of benzene rings is 1. The lowest BCUT2D eigenvalue weighted by Gasteiger charge is -2.18. The Morgan fingerprint density at radius 3 is 2.52 bits per heavy atom. The zero-order valence-corrected chi connectivity index (χ0v) is 14.0. The van der Waals surface area contributed by atoms with Crippen LogP contribution in [0.1, 0.15) is 58.9 Å². The molecule has 0 saturated carbocycles. The van der Waals surface area contributed by atoms with Crippen molar-refractivity contribution in [1.29, 1.82) is 0 Å². The summed E-state index contributed by atoms with van der Waals surface area (Å²) >= 11 is 1.37. The quantitative estimate of drug-likeness (QED) is 0.812. The Balaban J connectivity index is 2.12. The van der Waals surface area contributed by atoms with E-state index < -0.39 is 5.97 Å². The largest absolute Gasteiger partial charge is 0.481 e. The fourth-order valence-electron chi connectivity index (χ4n) is 2.16. The number of aliphatic carboxylic acids is 1. The number of nitrogens with one attached hydrogen (secondary N) is 1. The van der Waals surface area contributed by atoms with Crippen molar-refractivity contribution in [3.05, 3.63) is 52.0 Å². The summed E-state index contributed by atoms with van der Waals surface area (Å²) in [5.74, 6) is -0.813. The van der Waals surface area contributed by atoms with Gasteiger partial charge in [0.2, 0.25) is 0 Å². The summed E-state index contributed by atoms with van der Waals surface area (Å²) < 4.78 is 0. The Hall–Kier alpha value is -2.21. The van der Waals surface area contributed by atoms with Gasteiger partial charge in [0.1, 0.15) is 4.88 Å². The van der Waals surface area contributed by atoms with Crippen LogP contribution in [0.25, 0.3) is 0 Å². The van der Waals surface area contributed by atoms with Crippen molar-refractivity contribution >= 4 is 23.2 Å². The number of aromatic nitrogens is 1. The van der Waals surface area contributed by atoms with Crippen molar-refractivity contribution < 1.29 is 14.7 Å². The van der Waals surface area contributed by atoms with Crippen LogP contribution in [0.15, 0.2) is 36.5 Å². The number of nitrogens with zero attached hydrogens (tertiary/aromatic N) is 1. The van der Waals surface area contributed by atoms with E-state index in [0.717, 1.165) is 10.6 Å². The molecule has 1 heterocycles. The number of hydrogen-bond donors (Lipinski definition) is 2. The summed E-state index contributed by atoms with van der Waals surface area (Å²) in [6.07, 6.45) is 1.93. The number of carbonyl (C=O) groups is 2. The van der Waals surface area contributed by atoms with Crippen LogP contribution in [-0.4, -0.2) is 22.0 Å². The molecule has 2 aromatic rings. The van der Waals surface area contributed by atoms with Crippen molar-refractivity contribution in [2.45, 2.75) is 38.6 Å². The summed E-state index contributed by atoms with van der Waals surface area (Å²) in [5.41, 5.74) is 0.899. The molecule has 122 valence electrons. The lowest BCUT2D eigenvalue weighted by Crippen LogP contribution is -2.28. The highest BCUT2D eigenvalue weighted by molar-refractivity contribution is 7.13. The Morgan fingerprint density at radius 2 is 1.96 bits per heavy atom. The molecule has 0 fully saturated rings. The lowest BCUT2D eigenvalue weighted by atomic mass is 10.0. The molecule has 0 bridgehead atoms. The van der Waals surface area contributed by atoms with Crippen molar-refractivity contribution in [3.8, 4) is 0 Å². The molecule has 1 atom stereocenters. The summed E-state index contributed by atoms with van der Waals surface area (Å²) in [7, 11) is 0. The first-order valence-corrected chi connectivity index (χ1v) is 8.32. The first-order valence-electron chi connectivity index (χ1n) is 7.50. The van der Waals surface area contributed by atoms with E-state index in [1.807, 2.05) is 44.2 Å². The molecule has 1 aromatic carbocycles. The van der Waals surface area contributed by atoms with Gasteiger partial charge < -0.3 is 10.4 Å². The van der Waals surface area contributed by atoms with E-state index in [2.05, 4.69) is 10.3 Å². The molecule has 0 saturated heterocycles. The molecule has 0 aliphatic heterocycles. The van der Waals surface area contributed by atoms with Crippen LogP contribution < -0.4 is 5.32 Å². The number of hydrogen-bond acceptors (Lipinski definition) is 4. The highest BCUT2D eigenvalue weighted by Gasteiger charge is 2.19. The second-order valence-corrected chi connectivity index (χ2v) is 6.65. The van der Waals surface area contributed by atoms with Gasteiger partial charge in [-0.3, -0.25) is 9.59 Å². The standard InChI is InChI=1S/C17H20N2O3S/c1-11(2)17-18-10-14(23-17)16(22)19-13(8-9-15(20)21)12-6-4-3-5-7-12/h3-7,10-11,13H,8-9H2,1-2H3,(H,19,22)(H,20,21). The Morgan fingerprint density at radius 1 is 1.26 bits per heavy atom. The topological polar surface area (TPSA) is 79.3 Å². The molecule has 5 nitrogen and oxygen atoms in total. The van der Waals surface area contributed by atoms with Crippen molar-refractivity contribution in [2.24, 2.45) is 0 Å². The Labute approximate surface area is 139 Å². The Bertz CT molecular complexity index is 667. The maximum Gasteiger partial charge on any atom is 0.303 e. The van der Waals surface area contributed by atoms with Crippen molar-refractivity contribution in [2.75, 3.05) is 0 Å². The fraction of sp³-hybridized carbons (Fsp3) is 0.353. The highest BCUT2D eigenvalue weighted by atomic mass is 32.1. The monoisotopic (exact) mass is 332 g/mol. The minimum atomic E-state index is -0.875. The molecule has 1 aromatic heterocycles. The molecule has 1 amide bonds. The molecule has 23 heavy (non-hydrogen) atoms. The third-order valence-electron chi connectivity index (χ3n) is 3.40. The minimum Gasteiger partial charge on any atom is -0.481 e. The zero-order valence-electron chi connectivity index (χ0n) is 13.2. The third-order valence-corrected chi connectivity index (χ3v) is 4.69. The van der Waals surface area contributed by atoms with Gasteiger partial charge in [-0.25, -0.2) is 4.98 Å². The van der Waals surface area contributed by atoms with Gasteiger partial charge in [0.05, 0.1) is 17.2 Å². The predicted molar refractivity (Wildman–Crippen MR) is 89.7 cm³/mol. The van der Waals surface area contributed by atoms with Crippen LogP contribution >= 0.6 is 11.3 Å². The molecule has 0 aliphatic carbocycles. The van der Waals surface area contributed by atoms with Gasteiger partial charge in [-0.15, -0.1) is 11.3 Å². The number of carbonyl (C=O) groups excluding carboxylic acids is 1. The number of rotatable bonds is 7. The molecule has 0 spiro atoms. The average molecular weight is 332 g/mol. The van der Waals surface area contributed by atoms with Crippen LogP contribution in [0, 0.1) is 0 Å². The van der Waals surface area contributed by atoms with E-state index >= 15 is 0 Å². The molecule has 2 rings (SSSR count). The van der Waals surface area contributed by atoms with Crippen LogP contribution in [0.3, 0.4) is 0 Å². The third kappa shape index (κ3) is 4.89. The number of amides is 1. The van der Waals surface area contributed by atoms with Crippen LogP contribution in [0.5, 0.6) is 0 Å². The van der Waals surface area contributed by atoms with Crippen molar-refractivity contribution in [3.63, 3.8) is 0 Å². The molecular weight excluding hydrogens is 312 g/mol. The maximum atomic E-state index is 12.4. The summed E-state index contributed by atoms with van der Waals surface area (Å²) in [4.78, 5) is 28.1. The van der Waals surface area contributed by atoms with E-state index in [-0.39, 0.29) is 24.3 Å².